The van der Waals surface area contributed by atoms with E-state index in [1.165, 1.54) is 6.92 Å². The first-order chi connectivity index (χ1) is 8.35. The van der Waals surface area contributed by atoms with Crippen molar-refractivity contribution in [2.24, 2.45) is 0 Å². The molecule has 0 saturated heterocycles. The van der Waals surface area contributed by atoms with Gasteiger partial charge in [-0.1, -0.05) is 19.8 Å². The number of hydrogen-bond acceptors (Lipinski definition) is 4. The predicted octanol–water partition coefficient (Wildman–Crippen LogP) is 1.83. The fraction of sp³-hybridized carbons (Fsp3) is 0.917. The Bertz CT molecular complexity index is 327. The molecule has 18 heavy (non-hydrogen) atoms. The zero-order valence-electron chi connectivity index (χ0n) is 11.6. The summed E-state index contributed by atoms with van der Waals surface area (Å²) in [6.45, 7) is 3.92. The molecule has 5 nitrogen and oxygen atoms in total. The summed E-state index contributed by atoms with van der Waals surface area (Å²) in [6, 6.07) is 0. The molecule has 0 aliphatic carbocycles. The van der Waals surface area contributed by atoms with E-state index in [-0.39, 0.29) is 12.1 Å². The van der Waals surface area contributed by atoms with Crippen LogP contribution in [0.15, 0.2) is 0 Å². The van der Waals surface area contributed by atoms with Crippen LogP contribution in [0.3, 0.4) is 0 Å². The minimum Gasteiger partial charge on any atom is -0.463 e. The Hall–Kier alpha value is -0.620. The van der Waals surface area contributed by atoms with Crippen molar-refractivity contribution in [3.63, 3.8) is 0 Å². The number of carbonyl (C=O) groups excluding carboxylic acids is 1. The van der Waals surface area contributed by atoms with Gasteiger partial charge in [-0.3, -0.25) is 4.79 Å². The number of hydrogen-bond donors (Lipinski definition) is 1. The first kappa shape index (κ1) is 17.4. The Morgan fingerprint density at radius 1 is 1.22 bits per heavy atom. The van der Waals surface area contributed by atoms with E-state index in [2.05, 4.69) is 11.6 Å². The van der Waals surface area contributed by atoms with Crippen LogP contribution in [0.5, 0.6) is 0 Å². The van der Waals surface area contributed by atoms with E-state index in [4.69, 9.17) is 4.74 Å². The lowest BCUT2D eigenvalue weighted by molar-refractivity contribution is -0.147. The monoisotopic (exact) mass is 279 g/mol. The number of carbonyl (C=O) groups is 1. The third kappa shape index (κ3) is 11.9. The molecule has 0 aliphatic rings. The standard InChI is InChI=1S/C12H25NO4S/c1-4-5-6-8-12(17-11(2)14)9-7-10-13-18(3,15)16/h12-13H,4-10H2,1-3H3. The molecule has 0 radical (unpaired) electrons. The van der Waals surface area contributed by atoms with Gasteiger partial charge in [0.15, 0.2) is 0 Å². The van der Waals surface area contributed by atoms with Crippen LogP contribution in [-0.4, -0.2) is 33.3 Å². The average molecular weight is 279 g/mol. The van der Waals surface area contributed by atoms with Crippen molar-refractivity contribution in [1.29, 1.82) is 0 Å². The fourth-order valence-corrected chi connectivity index (χ4v) is 2.22. The molecule has 0 fully saturated rings. The van der Waals surface area contributed by atoms with Crippen molar-refractivity contribution in [1.82, 2.24) is 4.72 Å². The van der Waals surface area contributed by atoms with Gasteiger partial charge in [-0.05, 0) is 25.7 Å². The summed E-state index contributed by atoms with van der Waals surface area (Å²) in [5, 5.41) is 0. The Morgan fingerprint density at radius 2 is 1.83 bits per heavy atom. The van der Waals surface area contributed by atoms with Crippen molar-refractivity contribution in [3.05, 3.63) is 0 Å². The third-order valence-electron chi connectivity index (χ3n) is 2.53. The lowest BCUT2D eigenvalue weighted by Gasteiger charge is -2.16. The highest BCUT2D eigenvalue weighted by Crippen LogP contribution is 2.12. The van der Waals surface area contributed by atoms with Gasteiger partial charge in [-0.2, -0.15) is 0 Å². The lowest BCUT2D eigenvalue weighted by Crippen LogP contribution is -2.25. The number of sulfonamides is 1. The minimum atomic E-state index is -3.12. The molecule has 1 unspecified atom stereocenters. The van der Waals surface area contributed by atoms with Gasteiger partial charge in [0.05, 0.1) is 6.26 Å². The Kier molecular flexibility index (Phi) is 9.01. The van der Waals surface area contributed by atoms with Gasteiger partial charge in [0, 0.05) is 13.5 Å². The summed E-state index contributed by atoms with van der Waals surface area (Å²) < 4.78 is 29.4. The average Bonchev–Trinajstić information content (AvgIpc) is 2.22. The molecule has 0 saturated carbocycles. The third-order valence-corrected chi connectivity index (χ3v) is 3.26. The van der Waals surface area contributed by atoms with Gasteiger partial charge in [-0.15, -0.1) is 0 Å². The molecule has 0 aromatic heterocycles. The smallest absolute Gasteiger partial charge is 0.302 e. The van der Waals surface area contributed by atoms with Crippen LogP contribution in [0.2, 0.25) is 0 Å². The predicted molar refractivity (Wildman–Crippen MR) is 71.8 cm³/mol. The summed E-state index contributed by atoms with van der Waals surface area (Å²) in [4.78, 5) is 10.9. The second kappa shape index (κ2) is 9.33. The van der Waals surface area contributed by atoms with Gasteiger partial charge in [0.2, 0.25) is 10.0 Å². The molecular formula is C12H25NO4S. The number of unbranched alkanes of at least 4 members (excludes halogenated alkanes) is 2. The summed E-state index contributed by atoms with van der Waals surface area (Å²) in [7, 11) is -3.12. The van der Waals surface area contributed by atoms with E-state index < -0.39 is 10.0 Å². The molecule has 0 spiro atoms. The number of esters is 1. The normalized spacial score (nSPS) is 13.3. The zero-order valence-corrected chi connectivity index (χ0v) is 12.4. The zero-order chi connectivity index (χ0) is 14.0. The molecule has 0 heterocycles. The van der Waals surface area contributed by atoms with Gasteiger partial charge in [-0.25, -0.2) is 13.1 Å². The fourth-order valence-electron chi connectivity index (χ4n) is 1.71. The van der Waals surface area contributed by atoms with Crippen molar-refractivity contribution in [2.75, 3.05) is 12.8 Å². The molecule has 0 aromatic carbocycles. The molecule has 0 amide bonds. The summed E-state index contributed by atoms with van der Waals surface area (Å²) in [6.07, 6.45) is 6.57. The first-order valence-electron chi connectivity index (χ1n) is 6.47. The van der Waals surface area contributed by atoms with Crippen LogP contribution in [-0.2, 0) is 19.6 Å². The summed E-state index contributed by atoms with van der Waals surface area (Å²) in [5.41, 5.74) is 0. The molecule has 108 valence electrons. The van der Waals surface area contributed by atoms with E-state index >= 15 is 0 Å². The summed E-state index contributed by atoms with van der Waals surface area (Å²) in [5.74, 6) is -0.271. The first-order valence-corrected chi connectivity index (χ1v) is 8.36. The Balaban J connectivity index is 3.88. The Labute approximate surface area is 110 Å². The largest absolute Gasteiger partial charge is 0.463 e. The minimum absolute atomic E-state index is 0.0876. The van der Waals surface area contributed by atoms with Gasteiger partial charge < -0.3 is 4.74 Å². The molecule has 0 rings (SSSR count). The van der Waals surface area contributed by atoms with Crippen molar-refractivity contribution >= 4 is 16.0 Å². The van der Waals surface area contributed by atoms with Gasteiger partial charge in [0.1, 0.15) is 6.10 Å². The molecule has 0 bridgehead atoms. The lowest BCUT2D eigenvalue weighted by atomic mass is 10.1. The van der Waals surface area contributed by atoms with Crippen molar-refractivity contribution in [2.45, 2.75) is 58.5 Å². The van der Waals surface area contributed by atoms with Crippen LogP contribution in [0, 0.1) is 0 Å². The number of ether oxygens (including phenoxy) is 1. The van der Waals surface area contributed by atoms with Crippen LogP contribution in [0.25, 0.3) is 0 Å². The SMILES string of the molecule is CCCCCC(CCCNS(C)(=O)=O)OC(C)=O. The second-order valence-corrected chi connectivity index (χ2v) is 6.37. The highest BCUT2D eigenvalue weighted by atomic mass is 32.2. The molecule has 1 N–H and O–H groups in total. The molecule has 1 atom stereocenters. The van der Waals surface area contributed by atoms with Crippen molar-refractivity contribution < 1.29 is 17.9 Å². The van der Waals surface area contributed by atoms with Crippen LogP contribution >= 0.6 is 0 Å². The maximum atomic E-state index is 10.9. The number of rotatable bonds is 10. The summed E-state index contributed by atoms with van der Waals surface area (Å²) >= 11 is 0. The number of nitrogens with one attached hydrogen (secondary N) is 1. The van der Waals surface area contributed by atoms with E-state index in [9.17, 15) is 13.2 Å². The maximum Gasteiger partial charge on any atom is 0.302 e. The van der Waals surface area contributed by atoms with Gasteiger partial charge in [0.25, 0.3) is 0 Å². The van der Waals surface area contributed by atoms with Crippen LogP contribution < -0.4 is 4.72 Å². The topological polar surface area (TPSA) is 72.5 Å². The molecule has 0 aromatic rings. The van der Waals surface area contributed by atoms with E-state index in [0.717, 1.165) is 31.9 Å². The Morgan fingerprint density at radius 3 is 2.33 bits per heavy atom. The van der Waals surface area contributed by atoms with Gasteiger partial charge >= 0.3 is 5.97 Å². The van der Waals surface area contributed by atoms with E-state index in [1.54, 1.807) is 0 Å². The highest BCUT2D eigenvalue weighted by Gasteiger charge is 2.11. The maximum absolute atomic E-state index is 10.9. The van der Waals surface area contributed by atoms with Crippen molar-refractivity contribution in [3.8, 4) is 0 Å². The molecular weight excluding hydrogens is 254 g/mol. The van der Waals surface area contributed by atoms with Crippen LogP contribution in [0.1, 0.15) is 52.4 Å². The second-order valence-electron chi connectivity index (χ2n) is 4.54. The molecule has 6 heteroatoms. The van der Waals surface area contributed by atoms with Crippen LogP contribution in [0.4, 0.5) is 0 Å². The van der Waals surface area contributed by atoms with E-state index in [1.807, 2.05) is 0 Å². The van der Waals surface area contributed by atoms with E-state index in [0.29, 0.717) is 19.4 Å². The molecule has 0 aliphatic heterocycles. The highest BCUT2D eigenvalue weighted by molar-refractivity contribution is 7.88. The quantitative estimate of drug-likeness (QED) is 0.489.